The van der Waals surface area contributed by atoms with E-state index in [1.807, 2.05) is 0 Å². The van der Waals surface area contributed by atoms with Gasteiger partial charge in [0.25, 0.3) is 0 Å². The summed E-state index contributed by atoms with van der Waals surface area (Å²) in [5.41, 5.74) is -1.56. The van der Waals surface area contributed by atoms with Gasteiger partial charge >= 0.3 is 0 Å². The van der Waals surface area contributed by atoms with Gasteiger partial charge in [-0.3, -0.25) is 0 Å². The van der Waals surface area contributed by atoms with Gasteiger partial charge in [0, 0.05) is 6.61 Å². The van der Waals surface area contributed by atoms with Crippen LogP contribution >= 0.6 is 0 Å². The van der Waals surface area contributed by atoms with Crippen molar-refractivity contribution < 1.29 is 60.2 Å². The molecule has 0 bridgehead atoms. The van der Waals surface area contributed by atoms with Crippen LogP contribution in [0.1, 0.15) is 106 Å². The van der Waals surface area contributed by atoms with Gasteiger partial charge in [-0.1, -0.05) is 46.8 Å². The van der Waals surface area contributed by atoms with E-state index in [-0.39, 0.29) is 34.2 Å². The van der Waals surface area contributed by atoms with E-state index in [2.05, 4.69) is 48.1 Å². The summed E-state index contributed by atoms with van der Waals surface area (Å²) in [7, 11) is 0. The van der Waals surface area contributed by atoms with Gasteiger partial charge in [-0.2, -0.15) is 0 Å². The molecule has 12 nitrogen and oxygen atoms in total. The SMILES string of the molecule is C=C(C)[C@@H]1CC[C@]2(CO)CC[C@]3(C)[C@H](CCC4[C@@]5(C)CCC([C@@]6(O)[C@H](O[C@H]7O[C@H](CO)[C@@H](O)[C@H](O)[C@H]7O)[C@@H](CO)O[C@@H](O)[C@@H]6O)C(C)(C)[C@@H]5CC[C@]43C)[C@@H]12. The zero-order valence-corrected chi connectivity index (χ0v) is 33.3. The molecule has 9 N–H and O–H groups in total. The average molecular weight is 767 g/mol. The van der Waals surface area contributed by atoms with Crippen LogP contribution in [0.15, 0.2) is 12.2 Å². The summed E-state index contributed by atoms with van der Waals surface area (Å²) in [6.07, 6.45) is -5.01. The van der Waals surface area contributed by atoms with E-state index in [0.29, 0.717) is 30.1 Å². The van der Waals surface area contributed by atoms with E-state index in [1.54, 1.807) is 0 Å². The second-order valence-electron chi connectivity index (χ2n) is 20.5. The molecule has 2 aliphatic heterocycles. The summed E-state index contributed by atoms with van der Waals surface area (Å²) in [5.74, 6) is 1.24. The lowest BCUT2D eigenvalue weighted by molar-refractivity contribution is -0.392. The van der Waals surface area contributed by atoms with Gasteiger partial charge in [0.05, 0.1) is 13.2 Å². The van der Waals surface area contributed by atoms with E-state index in [1.165, 1.54) is 5.57 Å². The summed E-state index contributed by atoms with van der Waals surface area (Å²) in [6, 6.07) is 0. The standard InChI is InChI=1S/C42H70O12/c1-21(2)22-10-15-41(20-45)17-16-39(6)23(29(22)41)8-9-28-38(5)13-11-27(37(3,4)26(38)12-14-40(28,39)7)42(51)33(49)35(50)52-25(19-44)34(42)54-36-32(48)31(47)30(46)24(18-43)53-36/h22-36,43-51H,1,8-20H2,2-7H3/t22-,23+,24+,25+,26-,27?,28?,29+,30+,31-,32+,33-,34+,35+,36+,38-,39+,40+,41+,42-/m0/s1. The molecule has 0 aromatic rings. The van der Waals surface area contributed by atoms with Gasteiger partial charge < -0.3 is 60.2 Å². The quantitative estimate of drug-likeness (QED) is 0.171. The minimum atomic E-state index is -2.20. The molecule has 2 unspecified atom stereocenters. The van der Waals surface area contributed by atoms with Gasteiger partial charge in [-0.25, -0.2) is 0 Å². The Labute approximate surface area is 320 Å². The molecule has 7 fully saturated rings. The third-order valence-corrected chi connectivity index (χ3v) is 18.3. The monoisotopic (exact) mass is 766 g/mol. The van der Waals surface area contributed by atoms with Crippen LogP contribution in [-0.4, -0.2) is 127 Å². The summed E-state index contributed by atoms with van der Waals surface area (Å²) < 4.78 is 17.5. The molecular formula is C42H70O12. The first-order chi connectivity index (χ1) is 25.2. The van der Waals surface area contributed by atoms with Crippen molar-refractivity contribution in [2.75, 3.05) is 19.8 Å². The zero-order chi connectivity index (χ0) is 39.6. The Hall–Kier alpha value is -0.740. The van der Waals surface area contributed by atoms with Crippen molar-refractivity contribution in [2.24, 2.45) is 62.6 Å². The highest BCUT2D eigenvalue weighted by Crippen LogP contribution is 2.78. The number of aliphatic hydroxyl groups excluding tert-OH is 8. The summed E-state index contributed by atoms with van der Waals surface area (Å²) in [6.45, 7) is 17.3. The topological polar surface area (TPSA) is 210 Å². The van der Waals surface area contributed by atoms with Crippen LogP contribution in [0, 0.1) is 62.6 Å². The Bertz CT molecular complexity index is 1410. The van der Waals surface area contributed by atoms with E-state index in [4.69, 9.17) is 14.2 Å². The Morgan fingerprint density at radius 2 is 1.37 bits per heavy atom. The number of ether oxygens (including phenoxy) is 3. The van der Waals surface area contributed by atoms with Crippen LogP contribution in [0.4, 0.5) is 0 Å². The molecule has 7 aliphatic rings. The van der Waals surface area contributed by atoms with Crippen molar-refractivity contribution in [1.82, 2.24) is 0 Å². The fourth-order valence-electron chi connectivity index (χ4n) is 15.5. The predicted molar refractivity (Wildman–Crippen MR) is 197 cm³/mol. The van der Waals surface area contributed by atoms with E-state index >= 15 is 0 Å². The zero-order valence-electron chi connectivity index (χ0n) is 33.3. The van der Waals surface area contributed by atoms with Gasteiger partial charge in [0.2, 0.25) is 0 Å². The van der Waals surface area contributed by atoms with Gasteiger partial charge in [0.15, 0.2) is 12.6 Å². The minimum Gasteiger partial charge on any atom is -0.396 e. The Morgan fingerprint density at radius 3 is 2.00 bits per heavy atom. The first kappa shape index (κ1) is 41.4. The molecule has 0 radical (unpaired) electrons. The van der Waals surface area contributed by atoms with Crippen molar-refractivity contribution in [3.63, 3.8) is 0 Å². The highest BCUT2D eigenvalue weighted by molar-refractivity contribution is 5.23. The molecule has 5 saturated carbocycles. The molecule has 0 aromatic carbocycles. The lowest BCUT2D eigenvalue weighted by atomic mass is 9.31. The molecule has 0 amide bonds. The first-order valence-corrected chi connectivity index (χ1v) is 20.8. The number of hydrogen-bond donors (Lipinski definition) is 9. The minimum absolute atomic E-state index is 0.0245. The molecule has 2 saturated heterocycles. The summed E-state index contributed by atoms with van der Waals surface area (Å²) in [5, 5.41) is 98.8. The normalized spacial score (nSPS) is 57.0. The molecule has 310 valence electrons. The number of hydrogen-bond acceptors (Lipinski definition) is 12. The summed E-state index contributed by atoms with van der Waals surface area (Å²) >= 11 is 0. The molecule has 0 spiro atoms. The molecule has 2 heterocycles. The molecular weight excluding hydrogens is 696 g/mol. The second-order valence-corrected chi connectivity index (χ2v) is 20.5. The number of rotatable bonds is 7. The van der Waals surface area contributed by atoms with Crippen LogP contribution in [0.3, 0.4) is 0 Å². The van der Waals surface area contributed by atoms with Crippen LogP contribution < -0.4 is 0 Å². The van der Waals surface area contributed by atoms with E-state index < -0.39 is 85.5 Å². The third-order valence-electron chi connectivity index (χ3n) is 18.3. The molecule has 5 aliphatic carbocycles. The van der Waals surface area contributed by atoms with Gasteiger partial charge in [-0.15, -0.1) is 0 Å². The highest BCUT2D eigenvalue weighted by Gasteiger charge is 2.73. The molecule has 12 heteroatoms. The molecule has 54 heavy (non-hydrogen) atoms. The maximum absolute atomic E-state index is 13.0. The van der Waals surface area contributed by atoms with Crippen molar-refractivity contribution in [1.29, 1.82) is 0 Å². The van der Waals surface area contributed by atoms with E-state index in [9.17, 15) is 46.0 Å². The molecule has 7 rings (SSSR count). The van der Waals surface area contributed by atoms with Crippen LogP contribution in [0.25, 0.3) is 0 Å². The third kappa shape index (κ3) is 5.51. The van der Waals surface area contributed by atoms with Gasteiger partial charge in [0.1, 0.15) is 48.3 Å². The number of aliphatic hydroxyl groups is 9. The number of allylic oxidation sites excluding steroid dienone is 1. The highest BCUT2D eigenvalue weighted by atomic mass is 16.7. The fourth-order valence-corrected chi connectivity index (χ4v) is 15.5. The Morgan fingerprint density at radius 1 is 0.704 bits per heavy atom. The molecule has 20 atom stereocenters. The Balaban J connectivity index is 1.21. The first-order valence-electron chi connectivity index (χ1n) is 20.8. The fraction of sp³-hybridized carbons (Fsp3) is 0.952. The smallest absolute Gasteiger partial charge is 0.187 e. The van der Waals surface area contributed by atoms with Crippen molar-refractivity contribution in [3.05, 3.63) is 12.2 Å². The maximum atomic E-state index is 13.0. The van der Waals surface area contributed by atoms with Crippen molar-refractivity contribution in [2.45, 2.75) is 167 Å². The van der Waals surface area contributed by atoms with Crippen LogP contribution in [0.5, 0.6) is 0 Å². The number of fused-ring (bicyclic) bond motifs is 7. The predicted octanol–water partition coefficient (Wildman–Crippen LogP) is 2.24. The second kappa shape index (κ2) is 13.9. The maximum Gasteiger partial charge on any atom is 0.187 e. The summed E-state index contributed by atoms with van der Waals surface area (Å²) in [4.78, 5) is 0. The van der Waals surface area contributed by atoms with Crippen molar-refractivity contribution in [3.8, 4) is 0 Å². The van der Waals surface area contributed by atoms with Crippen LogP contribution in [-0.2, 0) is 14.2 Å². The van der Waals surface area contributed by atoms with Crippen LogP contribution in [0.2, 0.25) is 0 Å². The van der Waals surface area contributed by atoms with E-state index in [0.717, 1.165) is 57.8 Å². The molecule has 0 aromatic heterocycles. The lowest BCUT2D eigenvalue weighted by Gasteiger charge is -2.74. The van der Waals surface area contributed by atoms with Gasteiger partial charge in [-0.05, 0) is 134 Å². The average Bonchev–Trinajstić information content (AvgIpc) is 3.52. The Kier molecular flexibility index (Phi) is 10.7. The van der Waals surface area contributed by atoms with Crippen molar-refractivity contribution >= 4 is 0 Å². The largest absolute Gasteiger partial charge is 0.396 e. The lowest BCUT2D eigenvalue weighted by Crippen LogP contribution is -2.75.